The number of hydrogen-bond donors (Lipinski definition) is 3. The van der Waals surface area contributed by atoms with Gasteiger partial charge in [-0.05, 0) is 44.5 Å². The normalized spacial score (nSPS) is 22.3. The average molecular weight is 360 g/mol. The first kappa shape index (κ1) is 19.5. The molecule has 140 valence electrons. The molecule has 1 aromatic rings. The van der Waals surface area contributed by atoms with Crippen LogP contribution in [0.2, 0.25) is 0 Å². The fourth-order valence-electron chi connectivity index (χ4n) is 2.75. The minimum Gasteiger partial charge on any atom is -0.491 e. The molecule has 1 fully saturated rings. The average Bonchev–Trinajstić information content (AvgIpc) is 2.57. The maximum atomic E-state index is 12.6. The molecule has 0 bridgehead atoms. The number of carbonyl (C=O) groups excluding carboxylic acids is 1. The second kappa shape index (κ2) is 8.53. The second-order valence-electron chi connectivity index (χ2n) is 6.31. The third kappa shape index (κ3) is 6.21. The van der Waals surface area contributed by atoms with E-state index in [1.165, 1.54) is 12.1 Å². The number of aliphatic hydroxyl groups is 1. The lowest BCUT2D eigenvalue weighted by molar-refractivity contribution is -0.137. The summed E-state index contributed by atoms with van der Waals surface area (Å²) in [5, 5.41) is 15.8. The predicted octanol–water partition coefficient (Wildman–Crippen LogP) is 1.95. The van der Waals surface area contributed by atoms with Crippen LogP contribution in [0.4, 0.5) is 13.2 Å². The van der Waals surface area contributed by atoms with Crippen LogP contribution in [0.1, 0.15) is 25.3 Å². The van der Waals surface area contributed by atoms with Crippen molar-refractivity contribution in [2.24, 2.45) is 5.92 Å². The van der Waals surface area contributed by atoms with Crippen molar-refractivity contribution in [3.05, 3.63) is 29.8 Å². The number of benzene rings is 1. The Kier molecular flexibility index (Phi) is 6.66. The van der Waals surface area contributed by atoms with Crippen molar-refractivity contribution < 1.29 is 27.8 Å². The fourth-order valence-corrected chi connectivity index (χ4v) is 2.75. The molecular formula is C17H23F3N2O3. The summed E-state index contributed by atoms with van der Waals surface area (Å²) >= 11 is 0. The zero-order chi connectivity index (χ0) is 18.4. The summed E-state index contributed by atoms with van der Waals surface area (Å²) in [5.74, 6) is -0.188. The van der Waals surface area contributed by atoms with Gasteiger partial charge in [0.1, 0.15) is 18.5 Å². The Morgan fingerprint density at radius 2 is 2.24 bits per heavy atom. The van der Waals surface area contributed by atoms with E-state index in [2.05, 4.69) is 10.6 Å². The number of aliphatic hydroxyl groups excluding tert-OH is 1. The standard InChI is InChI=1S/C17H23F3N2O3/c1-11-7-12(5-6-21-11)16(24)22-9-14(23)10-25-15-4-2-3-13(8-15)17(18,19)20/h2-4,8,11-12,14,21,23H,5-7,9-10H2,1H3,(H,22,24)/t11-,12-,14?/m0/s1. The second-order valence-corrected chi connectivity index (χ2v) is 6.31. The van der Waals surface area contributed by atoms with Crippen LogP contribution in [0.15, 0.2) is 24.3 Å². The van der Waals surface area contributed by atoms with Gasteiger partial charge in [-0.2, -0.15) is 13.2 Å². The first-order chi connectivity index (χ1) is 11.8. The van der Waals surface area contributed by atoms with Gasteiger partial charge in [0.2, 0.25) is 5.91 Å². The predicted molar refractivity (Wildman–Crippen MR) is 86.1 cm³/mol. The Labute approximate surface area is 144 Å². The molecule has 25 heavy (non-hydrogen) atoms. The lowest BCUT2D eigenvalue weighted by Crippen LogP contribution is -2.44. The van der Waals surface area contributed by atoms with Crippen molar-refractivity contribution in [2.45, 2.75) is 38.1 Å². The fraction of sp³-hybridized carbons (Fsp3) is 0.588. The van der Waals surface area contributed by atoms with Gasteiger partial charge in [0, 0.05) is 18.5 Å². The zero-order valence-electron chi connectivity index (χ0n) is 14.0. The van der Waals surface area contributed by atoms with Crippen molar-refractivity contribution in [3.63, 3.8) is 0 Å². The number of rotatable bonds is 6. The minimum absolute atomic E-state index is 0.00386. The molecule has 1 saturated heterocycles. The van der Waals surface area contributed by atoms with Gasteiger partial charge in [-0.3, -0.25) is 4.79 Å². The molecule has 0 radical (unpaired) electrons. The Bertz CT molecular complexity index is 581. The van der Waals surface area contributed by atoms with E-state index >= 15 is 0 Å². The molecule has 0 aromatic heterocycles. The van der Waals surface area contributed by atoms with Gasteiger partial charge >= 0.3 is 6.18 Å². The minimum atomic E-state index is -4.45. The SMILES string of the molecule is C[C@H]1C[C@@H](C(=O)NCC(O)COc2cccc(C(F)(F)F)c2)CCN1. The zero-order valence-corrected chi connectivity index (χ0v) is 14.0. The summed E-state index contributed by atoms with van der Waals surface area (Å²) in [4.78, 5) is 12.1. The van der Waals surface area contributed by atoms with Gasteiger partial charge in [0.15, 0.2) is 0 Å². The molecule has 1 aliphatic rings. The molecule has 5 nitrogen and oxygen atoms in total. The van der Waals surface area contributed by atoms with Gasteiger partial charge in [-0.1, -0.05) is 6.07 Å². The number of piperidine rings is 1. The van der Waals surface area contributed by atoms with E-state index in [1.807, 2.05) is 6.92 Å². The van der Waals surface area contributed by atoms with Crippen LogP contribution in [-0.2, 0) is 11.0 Å². The van der Waals surface area contributed by atoms with E-state index in [9.17, 15) is 23.1 Å². The smallest absolute Gasteiger partial charge is 0.416 e. The monoisotopic (exact) mass is 360 g/mol. The summed E-state index contributed by atoms with van der Waals surface area (Å²) in [6.45, 7) is 2.58. The van der Waals surface area contributed by atoms with Crippen molar-refractivity contribution in [3.8, 4) is 5.75 Å². The molecule has 1 heterocycles. The molecule has 8 heteroatoms. The molecule has 1 amide bonds. The highest BCUT2D eigenvalue weighted by atomic mass is 19.4. The Hall–Kier alpha value is -1.80. The number of ether oxygens (including phenoxy) is 1. The highest BCUT2D eigenvalue weighted by molar-refractivity contribution is 5.78. The van der Waals surface area contributed by atoms with Crippen LogP contribution in [0.3, 0.4) is 0 Å². The summed E-state index contributed by atoms with van der Waals surface area (Å²) in [6, 6.07) is 4.73. The molecule has 3 N–H and O–H groups in total. The number of halogens is 3. The molecule has 1 unspecified atom stereocenters. The maximum Gasteiger partial charge on any atom is 0.416 e. The third-order valence-electron chi connectivity index (χ3n) is 4.11. The lowest BCUT2D eigenvalue weighted by atomic mass is 9.92. The molecule has 1 aliphatic heterocycles. The Balaban J connectivity index is 1.75. The Morgan fingerprint density at radius 3 is 2.92 bits per heavy atom. The maximum absolute atomic E-state index is 12.6. The van der Waals surface area contributed by atoms with Gasteiger partial charge in [0.05, 0.1) is 5.56 Å². The first-order valence-electron chi connectivity index (χ1n) is 8.25. The van der Waals surface area contributed by atoms with E-state index < -0.39 is 17.8 Å². The van der Waals surface area contributed by atoms with E-state index in [1.54, 1.807) is 0 Å². The molecule has 1 aromatic carbocycles. The van der Waals surface area contributed by atoms with Crippen LogP contribution in [0.5, 0.6) is 5.75 Å². The Morgan fingerprint density at radius 1 is 1.48 bits per heavy atom. The molecule has 0 spiro atoms. The van der Waals surface area contributed by atoms with Gasteiger partial charge < -0.3 is 20.5 Å². The number of alkyl halides is 3. The summed E-state index contributed by atoms with van der Waals surface area (Å²) < 4.78 is 43.1. The molecule has 0 saturated carbocycles. The van der Waals surface area contributed by atoms with E-state index in [4.69, 9.17) is 4.74 Å². The lowest BCUT2D eigenvalue weighted by Gasteiger charge is -2.27. The van der Waals surface area contributed by atoms with Crippen LogP contribution < -0.4 is 15.4 Å². The van der Waals surface area contributed by atoms with Crippen molar-refractivity contribution in [2.75, 3.05) is 19.7 Å². The van der Waals surface area contributed by atoms with Crippen molar-refractivity contribution in [1.82, 2.24) is 10.6 Å². The van der Waals surface area contributed by atoms with Gasteiger partial charge in [-0.15, -0.1) is 0 Å². The first-order valence-corrected chi connectivity index (χ1v) is 8.25. The van der Waals surface area contributed by atoms with E-state index in [-0.39, 0.29) is 36.8 Å². The van der Waals surface area contributed by atoms with Crippen LogP contribution in [-0.4, -0.2) is 42.9 Å². The van der Waals surface area contributed by atoms with E-state index in [0.717, 1.165) is 31.5 Å². The number of carbonyl (C=O) groups is 1. The van der Waals surface area contributed by atoms with Gasteiger partial charge in [-0.25, -0.2) is 0 Å². The quantitative estimate of drug-likeness (QED) is 0.725. The summed E-state index contributed by atoms with van der Waals surface area (Å²) in [6.07, 6.45) is -3.97. The third-order valence-corrected chi connectivity index (χ3v) is 4.11. The van der Waals surface area contributed by atoms with Crippen LogP contribution in [0, 0.1) is 5.92 Å². The number of amides is 1. The van der Waals surface area contributed by atoms with Crippen molar-refractivity contribution >= 4 is 5.91 Å². The van der Waals surface area contributed by atoms with Crippen LogP contribution in [0.25, 0.3) is 0 Å². The molecule has 2 rings (SSSR count). The van der Waals surface area contributed by atoms with Gasteiger partial charge in [0.25, 0.3) is 0 Å². The summed E-state index contributed by atoms with van der Waals surface area (Å²) in [5.41, 5.74) is -0.812. The largest absolute Gasteiger partial charge is 0.491 e. The summed E-state index contributed by atoms with van der Waals surface area (Å²) in [7, 11) is 0. The molecular weight excluding hydrogens is 337 g/mol. The number of nitrogens with one attached hydrogen (secondary N) is 2. The van der Waals surface area contributed by atoms with Crippen molar-refractivity contribution in [1.29, 1.82) is 0 Å². The van der Waals surface area contributed by atoms with Crippen LogP contribution >= 0.6 is 0 Å². The highest BCUT2D eigenvalue weighted by Crippen LogP contribution is 2.31. The molecule has 0 aliphatic carbocycles. The molecule has 3 atom stereocenters. The van der Waals surface area contributed by atoms with E-state index in [0.29, 0.717) is 0 Å². The topological polar surface area (TPSA) is 70.6 Å². The highest BCUT2D eigenvalue weighted by Gasteiger charge is 2.30. The number of hydrogen-bond acceptors (Lipinski definition) is 4.